The second kappa shape index (κ2) is 5.94. The Kier molecular flexibility index (Phi) is 3.84. The van der Waals surface area contributed by atoms with E-state index in [0.717, 1.165) is 11.5 Å². The van der Waals surface area contributed by atoms with Crippen molar-refractivity contribution in [2.45, 2.75) is 5.37 Å². The number of carbonyl (C=O) groups excluding carboxylic acids is 1. The maximum absolute atomic E-state index is 12.4. The van der Waals surface area contributed by atoms with Crippen LogP contribution in [0.15, 0.2) is 47.1 Å². The minimum Gasteiger partial charge on any atom is -0.466 e. The van der Waals surface area contributed by atoms with Crippen LogP contribution in [0, 0.1) is 11.3 Å². The summed E-state index contributed by atoms with van der Waals surface area (Å²) in [5, 5.41) is 11.5. The van der Waals surface area contributed by atoms with Gasteiger partial charge in [0.25, 0.3) is 0 Å². The summed E-state index contributed by atoms with van der Waals surface area (Å²) in [6, 6.07) is 12.4. The van der Waals surface area contributed by atoms with E-state index in [2.05, 4.69) is 5.32 Å². The fraction of sp³-hybridized carbons (Fsp3) is 0.200. The Bertz CT molecular complexity index is 661. The molecule has 2 amide bonds. The summed E-state index contributed by atoms with van der Waals surface area (Å²) >= 11 is 1.68. The predicted octanol–water partition coefficient (Wildman–Crippen LogP) is 3.43. The van der Waals surface area contributed by atoms with Crippen LogP contribution in [0.1, 0.15) is 16.7 Å². The molecule has 0 radical (unpaired) electrons. The van der Waals surface area contributed by atoms with Gasteiger partial charge in [-0.25, -0.2) is 4.79 Å². The molecule has 2 heterocycles. The van der Waals surface area contributed by atoms with E-state index in [1.54, 1.807) is 47.2 Å². The number of nitrogens with zero attached hydrogens (tertiary/aromatic N) is 2. The molecule has 0 spiro atoms. The highest BCUT2D eigenvalue weighted by molar-refractivity contribution is 7.99. The van der Waals surface area contributed by atoms with Crippen LogP contribution >= 0.6 is 11.8 Å². The van der Waals surface area contributed by atoms with Crippen molar-refractivity contribution >= 4 is 23.5 Å². The maximum Gasteiger partial charge on any atom is 0.323 e. The van der Waals surface area contributed by atoms with Gasteiger partial charge in [0.2, 0.25) is 0 Å². The number of furan rings is 1. The number of carbonyl (C=O) groups is 1. The largest absolute Gasteiger partial charge is 0.466 e. The third-order valence-corrected chi connectivity index (χ3v) is 4.42. The summed E-state index contributed by atoms with van der Waals surface area (Å²) in [5.41, 5.74) is 1.24. The molecule has 1 fully saturated rings. The average molecular weight is 299 g/mol. The number of hydrogen-bond donors (Lipinski definition) is 1. The predicted molar refractivity (Wildman–Crippen MR) is 80.8 cm³/mol. The summed E-state index contributed by atoms with van der Waals surface area (Å²) in [5.74, 6) is 1.67. The van der Waals surface area contributed by atoms with Gasteiger partial charge in [-0.15, -0.1) is 11.8 Å². The third-order valence-electron chi connectivity index (χ3n) is 3.20. The van der Waals surface area contributed by atoms with E-state index in [9.17, 15) is 4.79 Å². The third kappa shape index (κ3) is 2.88. The van der Waals surface area contributed by atoms with Gasteiger partial charge in [0, 0.05) is 18.0 Å². The molecule has 0 unspecified atom stereocenters. The van der Waals surface area contributed by atoms with Crippen LogP contribution in [-0.4, -0.2) is 23.2 Å². The number of thioether (sulfide) groups is 1. The van der Waals surface area contributed by atoms with Crippen LogP contribution in [0.2, 0.25) is 0 Å². The van der Waals surface area contributed by atoms with Gasteiger partial charge in [-0.1, -0.05) is 0 Å². The van der Waals surface area contributed by atoms with Crippen molar-refractivity contribution in [3.05, 3.63) is 54.0 Å². The highest BCUT2D eigenvalue weighted by Crippen LogP contribution is 2.38. The molecule has 0 aliphatic carbocycles. The lowest BCUT2D eigenvalue weighted by Crippen LogP contribution is -2.34. The van der Waals surface area contributed by atoms with Gasteiger partial charge in [0.05, 0.1) is 17.9 Å². The molecule has 21 heavy (non-hydrogen) atoms. The molecule has 6 heteroatoms. The van der Waals surface area contributed by atoms with Crippen LogP contribution in [0.25, 0.3) is 0 Å². The highest BCUT2D eigenvalue weighted by atomic mass is 32.2. The van der Waals surface area contributed by atoms with Crippen LogP contribution in [0.3, 0.4) is 0 Å². The zero-order valence-corrected chi connectivity index (χ0v) is 12.0. The average Bonchev–Trinajstić information content (AvgIpc) is 3.18. The van der Waals surface area contributed by atoms with Crippen molar-refractivity contribution in [1.82, 2.24) is 4.90 Å². The first-order chi connectivity index (χ1) is 10.3. The maximum atomic E-state index is 12.4. The van der Waals surface area contributed by atoms with E-state index < -0.39 is 0 Å². The van der Waals surface area contributed by atoms with Crippen molar-refractivity contribution in [1.29, 1.82) is 5.26 Å². The Morgan fingerprint density at radius 1 is 1.38 bits per heavy atom. The topological polar surface area (TPSA) is 69.3 Å². The van der Waals surface area contributed by atoms with Crippen molar-refractivity contribution in [2.24, 2.45) is 0 Å². The number of nitriles is 1. The minimum atomic E-state index is -0.161. The van der Waals surface area contributed by atoms with Crippen LogP contribution < -0.4 is 5.32 Å². The number of hydrogen-bond acceptors (Lipinski definition) is 4. The van der Waals surface area contributed by atoms with Gasteiger partial charge >= 0.3 is 6.03 Å². The van der Waals surface area contributed by atoms with Crippen LogP contribution in [-0.2, 0) is 0 Å². The van der Waals surface area contributed by atoms with Crippen molar-refractivity contribution < 1.29 is 9.21 Å². The molecule has 106 valence electrons. The molecule has 1 atom stereocenters. The Morgan fingerprint density at radius 3 is 2.86 bits per heavy atom. The highest BCUT2D eigenvalue weighted by Gasteiger charge is 2.32. The quantitative estimate of drug-likeness (QED) is 0.922. The summed E-state index contributed by atoms with van der Waals surface area (Å²) in [6.45, 7) is 0.679. The van der Waals surface area contributed by atoms with Gasteiger partial charge < -0.3 is 14.6 Å². The summed E-state index contributed by atoms with van der Waals surface area (Å²) < 4.78 is 5.40. The van der Waals surface area contributed by atoms with E-state index in [1.807, 2.05) is 18.2 Å². The molecule has 5 nitrogen and oxygen atoms in total. The monoisotopic (exact) mass is 299 g/mol. The molecule has 1 aromatic carbocycles. The van der Waals surface area contributed by atoms with E-state index >= 15 is 0 Å². The number of rotatable bonds is 2. The van der Waals surface area contributed by atoms with E-state index in [4.69, 9.17) is 9.68 Å². The minimum absolute atomic E-state index is 0.0848. The van der Waals surface area contributed by atoms with Crippen LogP contribution in [0.5, 0.6) is 0 Å². The second-order valence-electron chi connectivity index (χ2n) is 4.55. The zero-order valence-electron chi connectivity index (χ0n) is 11.2. The number of urea groups is 1. The number of amides is 2. The molecule has 1 saturated heterocycles. The zero-order chi connectivity index (χ0) is 14.7. The van der Waals surface area contributed by atoms with E-state index in [1.165, 1.54) is 0 Å². The molecular weight excluding hydrogens is 286 g/mol. The lowest BCUT2D eigenvalue weighted by atomic mass is 10.2. The summed E-state index contributed by atoms with van der Waals surface area (Å²) in [4.78, 5) is 14.1. The molecule has 1 aliphatic heterocycles. The molecule has 1 aliphatic rings. The van der Waals surface area contributed by atoms with Crippen molar-refractivity contribution in [3.63, 3.8) is 0 Å². The Hall–Kier alpha value is -2.39. The number of anilines is 1. The van der Waals surface area contributed by atoms with Gasteiger partial charge in [0.1, 0.15) is 11.1 Å². The Labute approximate surface area is 126 Å². The summed E-state index contributed by atoms with van der Waals surface area (Å²) in [6.07, 6.45) is 1.62. The molecular formula is C15H13N3O2S. The molecule has 0 saturated carbocycles. The first kappa shape index (κ1) is 13.6. The van der Waals surface area contributed by atoms with Gasteiger partial charge in [-0.05, 0) is 36.4 Å². The van der Waals surface area contributed by atoms with Crippen molar-refractivity contribution in [3.8, 4) is 6.07 Å². The smallest absolute Gasteiger partial charge is 0.323 e. The van der Waals surface area contributed by atoms with Gasteiger partial charge in [-0.3, -0.25) is 0 Å². The first-order valence-electron chi connectivity index (χ1n) is 6.51. The van der Waals surface area contributed by atoms with E-state index in [0.29, 0.717) is 17.8 Å². The first-order valence-corrected chi connectivity index (χ1v) is 7.55. The molecule has 1 aromatic heterocycles. The molecule has 3 rings (SSSR count). The van der Waals surface area contributed by atoms with Gasteiger partial charge in [0.15, 0.2) is 0 Å². The standard InChI is InChI=1S/C15H13N3O2S/c16-10-11-3-5-12(6-4-11)17-15(19)18-7-9-21-14(18)13-2-1-8-20-13/h1-6,8,14H,7,9H2,(H,17,19)/t14-/m1/s1. The lowest BCUT2D eigenvalue weighted by Gasteiger charge is -2.22. The summed E-state index contributed by atoms with van der Waals surface area (Å²) in [7, 11) is 0. The van der Waals surface area contributed by atoms with Crippen LogP contribution in [0.4, 0.5) is 10.5 Å². The fourth-order valence-electron chi connectivity index (χ4n) is 2.17. The number of nitrogens with one attached hydrogen (secondary N) is 1. The van der Waals surface area contributed by atoms with Gasteiger partial charge in [-0.2, -0.15) is 5.26 Å². The van der Waals surface area contributed by atoms with Crippen molar-refractivity contribution in [2.75, 3.05) is 17.6 Å². The lowest BCUT2D eigenvalue weighted by molar-refractivity contribution is 0.210. The molecule has 0 bridgehead atoms. The fourth-order valence-corrected chi connectivity index (χ4v) is 3.37. The Balaban J connectivity index is 1.71. The second-order valence-corrected chi connectivity index (χ2v) is 5.74. The number of benzene rings is 1. The normalized spacial score (nSPS) is 17.5. The van der Waals surface area contributed by atoms with E-state index in [-0.39, 0.29) is 11.4 Å². The Morgan fingerprint density at radius 2 is 2.19 bits per heavy atom. The molecule has 1 N–H and O–H groups in total. The molecule has 2 aromatic rings. The SMILES string of the molecule is N#Cc1ccc(NC(=O)N2CCS[C@@H]2c2ccco2)cc1.